The summed E-state index contributed by atoms with van der Waals surface area (Å²) in [4.78, 5) is 12.2. The molecule has 1 aromatic heterocycles. The molecule has 0 saturated heterocycles. The zero-order valence-corrected chi connectivity index (χ0v) is 15.0. The van der Waals surface area contributed by atoms with Crippen LogP contribution < -0.4 is 14.8 Å². The molecular weight excluding hydrogens is 318 g/mol. The largest absolute Gasteiger partial charge is 0.486 e. The van der Waals surface area contributed by atoms with E-state index in [0.717, 1.165) is 35.0 Å². The van der Waals surface area contributed by atoms with E-state index in [0.29, 0.717) is 32.1 Å². The van der Waals surface area contributed by atoms with E-state index < -0.39 is 0 Å². The average Bonchev–Trinajstić information content (AvgIpc) is 2.90. The van der Waals surface area contributed by atoms with Gasteiger partial charge in [-0.2, -0.15) is 5.10 Å². The zero-order valence-electron chi connectivity index (χ0n) is 15.0. The number of benzene rings is 1. The predicted molar refractivity (Wildman–Crippen MR) is 95.0 cm³/mol. The SMILES string of the molecule is Cc1cc(C)n(C[C@@H](C)CNC(=O)Cc2ccc3c(c2)OCCO3)n1. The lowest BCUT2D eigenvalue weighted by atomic mass is 10.1. The second kappa shape index (κ2) is 7.59. The summed E-state index contributed by atoms with van der Waals surface area (Å²) in [6, 6.07) is 7.72. The van der Waals surface area contributed by atoms with Crippen LogP contribution >= 0.6 is 0 Å². The van der Waals surface area contributed by atoms with Gasteiger partial charge in [0.1, 0.15) is 13.2 Å². The van der Waals surface area contributed by atoms with E-state index in [1.807, 2.05) is 36.7 Å². The van der Waals surface area contributed by atoms with Crippen molar-refractivity contribution < 1.29 is 14.3 Å². The molecule has 0 spiro atoms. The molecule has 1 N–H and O–H groups in total. The van der Waals surface area contributed by atoms with Gasteiger partial charge >= 0.3 is 0 Å². The molecule has 1 amide bonds. The molecule has 0 radical (unpaired) electrons. The Labute approximate surface area is 148 Å². The van der Waals surface area contributed by atoms with Crippen LogP contribution in [0.4, 0.5) is 0 Å². The molecule has 0 bridgehead atoms. The lowest BCUT2D eigenvalue weighted by Gasteiger charge is -2.19. The highest BCUT2D eigenvalue weighted by Crippen LogP contribution is 2.30. The van der Waals surface area contributed by atoms with Crippen LogP contribution in [0, 0.1) is 19.8 Å². The molecule has 2 heterocycles. The number of aromatic nitrogens is 2. The average molecular weight is 343 g/mol. The first kappa shape index (κ1) is 17.3. The van der Waals surface area contributed by atoms with E-state index >= 15 is 0 Å². The van der Waals surface area contributed by atoms with Gasteiger partial charge in [-0.05, 0) is 43.5 Å². The van der Waals surface area contributed by atoms with Gasteiger partial charge in [0.15, 0.2) is 11.5 Å². The van der Waals surface area contributed by atoms with Gasteiger partial charge in [0.05, 0.1) is 12.1 Å². The molecule has 2 aromatic rings. The molecule has 0 saturated carbocycles. The quantitative estimate of drug-likeness (QED) is 0.874. The number of nitrogens with one attached hydrogen (secondary N) is 1. The molecule has 6 nitrogen and oxygen atoms in total. The fraction of sp³-hybridized carbons (Fsp3) is 0.474. The fourth-order valence-electron chi connectivity index (χ4n) is 2.95. The van der Waals surface area contributed by atoms with Crippen molar-refractivity contribution >= 4 is 5.91 Å². The molecule has 0 fully saturated rings. The topological polar surface area (TPSA) is 65.4 Å². The number of carbonyl (C=O) groups excluding carboxylic acids is 1. The Morgan fingerprint density at radius 2 is 2.00 bits per heavy atom. The molecule has 1 atom stereocenters. The second-order valence-electron chi connectivity index (χ2n) is 6.67. The van der Waals surface area contributed by atoms with Crippen molar-refractivity contribution in [3.05, 3.63) is 41.2 Å². The first-order valence-electron chi connectivity index (χ1n) is 8.67. The van der Waals surface area contributed by atoms with Gasteiger partial charge in [0.2, 0.25) is 5.91 Å². The summed E-state index contributed by atoms with van der Waals surface area (Å²) in [6.45, 7) is 8.69. The van der Waals surface area contributed by atoms with Crippen molar-refractivity contribution in [2.45, 2.75) is 33.7 Å². The molecule has 25 heavy (non-hydrogen) atoms. The molecule has 0 aliphatic carbocycles. The number of carbonyl (C=O) groups is 1. The Hall–Kier alpha value is -2.50. The summed E-state index contributed by atoms with van der Waals surface area (Å²) in [5, 5.41) is 7.47. The molecule has 1 aliphatic heterocycles. The monoisotopic (exact) mass is 343 g/mol. The minimum Gasteiger partial charge on any atom is -0.486 e. The highest BCUT2D eigenvalue weighted by atomic mass is 16.6. The van der Waals surface area contributed by atoms with E-state index in [1.165, 1.54) is 0 Å². The summed E-state index contributed by atoms with van der Waals surface area (Å²) < 4.78 is 13.0. The van der Waals surface area contributed by atoms with Gasteiger partial charge < -0.3 is 14.8 Å². The van der Waals surface area contributed by atoms with Crippen molar-refractivity contribution in [1.29, 1.82) is 0 Å². The molecular formula is C19H25N3O3. The van der Waals surface area contributed by atoms with Gasteiger partial charge in [-0.15, -0.1) is 0 Å². The van der Waals surface area contributed by atoms with Crippen molar-refractivity contribution in [1.82, 2.24) is 15.1 Å². The van der Waals surface area contributed by atoms with E-state index in [1.54, 1.807) is 0 Å². The highest BCUT2D eigenvalue weighted by molar-refractivity contribution is 5.78. The minimum atomic E-state index is 0.0110. The number of ether oxygens (including phenoxy) is 2. The summed E-state index contributed by atoms with van der Waals surface area (Å²) in [7, 11) is 0. The Balaban J connectivity index is 1.48. The molecule has 1 aliphatic rings. The van der Waals surface area contributed by atoms with Crippen molar-refractivity contribution in [3.8, 4) is 11.5 Å². The summed E-state index contributed by atoms with van der Waals surface area (Å²) >= 11 is 0. The zero-order chi connectivity index (χ0) is 17.8. The fourth-order valence-corrected chi connectivity index (χ4v) is 2.95. The van der Waals surface area contributed by atoms with Crippen molar-refractivity contribution in [3.63, 3.8) is 0 Å². The van der Waals surface area contributed by atoms with E-state index in [2.05, 4.69) is 23.4 Å². The number of fused-ring (bicyclic) bond motifs is 1. The Morgan fingerprint density at radius 1 is 1.24 bits per heavy atom. The maximum Gasteiger partial charge on any atom is 0.224 e. The lowest BCUT2D eigenvalue weighted by Crippen LogP contribution is -2.31. The first-order valence-corrected chi connectivity index (χ1v) is 8.67. The Bertz CT molecular complexity index is 754. The highest BCUT2D eigenvalue weighted by Gasteiger charge is 2.14. The maximum absolute atomic E-state index is 12.2. The van der Waals surface area contributed by atoms with Crippen LogP contribution in [0.5, 0.6) is 11.5 Å². The Morgan fingerprint density at radius 3 is 2.72 bits per heavy atom. The number of aryl methyl sites for hydroxylation is 2. The van der Waals surface area contributed by atoms with E-state index in [-0.39, 0.29) is 5.91 Å². The molecule has 1 aromatic carbocycles. The van der Waals surface area contributed by atoms with Crippen LogP contribution in [0.2, 0.25) is 0 Å². The van der Waals surface area contributed by atoms with E-state index in [9.17, 15) is 4.79 Å². The number of amides is 1. The van der Waals surface area contributed by atoms with Crippen LogP contribution in [0.15, 0.2) is 24.3 Å². The van der Waals surface area contributed by atoms with Gasteiger partial charge in [-0.1, -0.05) is 13.0 Å². The summed E-state index contributed by atoms with van der Waals surface area (Å²) in [6.07, 6.45) is 0.337. The number of nitrogens with zero attached hydrogens (tertiary/aromatic N) is 2. The van der Waals surface area contributed by atoms with Crippen LogP contribution in [-0.4, -0.2) is 35.4 Å². The summed E-state index contributed by atoms with van der Waals surface area (Å²) in [5.41, 5.74) is 3.09. The standard InChI is InChI=1S/C19H25N3O3/c1-13(12-22-15(3)8-14(2)21-22)11-20-19(23)10-16-4-5-17-18(9-16)25-7-6-24-17/h4-5,8-9,13H,6-7,10-12H2,1-3H3,(H,20,23)/t13-/m0/s1. The molecule has 6 heteroatoms. The van der Waals surface area contributed by atoms with Gasteiger partial charge in [0, 0.05) is 18.8 Å². The van der Waals surface area contributed by atoms with Gasteiger partial charge in [-0.3, -0.25) is 9.48 Å². The van der Waals surface area contributed by atoms with Crippen LogP contribution in [0.1, 0.15) is 23.9 Å². The third-order valence-electron chi connectivity index (χ3n) is 4.21. The number of hydrogen-bond acceptors (Lipinski definition) is 4. The van der Waals surface area contributed by atoms with Crippen molar-refractivity contribution in [2.75, 3.05) is 19.8 Å². The molecule has 134 valence electrons. The predicted octanol–water partition coefficient (Wildman–Crippen LogP) is 2.27. The lowest BCUT2D eigenvalue weighted by molar-refractivity contribution is -0.120. The second-order valence-corrected chi connectivity index (χ2v) is 6.67. The normalized spacial score (nSPS) is 14.2. The van der Waals surface area contributed by atoms with Crippen LogP contribution in [0.25, 0.3) is 0 Å². The number of rotatable bonds is 6. The van der Waals surface area contributed by atoms with Crippen molar-refractivity contribution in [2.24, 2.45) is 5.92 Å². The van der Waals surface area contributed by atoms with Gasteiger partial charge in [-0.25, -0.2) is 0 Å². The maximum atomic E-state index is 12.2. The summed E-state index contributed by atoms with van der Waals surface area (Å²) in [5.74, 6) is 1.78. The first-order chi connectivity index (χ1) is 12.0. The minimum absolute atomic E-state index is 0.0110. The van der Waals surface area contributed by atoms with Crippen LogP contribution in [-0.2, 0) is 17.8 Å². The molecule has 0 unspecified atom stereocenters. The third kappa shape index (κ3) is 4.53. The molecule has 3 rings (SSSR count). The van der Waals surface area contributed by atoms with Crippen LogP contribution in [0.3, 0.4) is 0 Å². The number of hydrogen-bond donors (Lipinski definition) is 1. The van der Waals surface area contributed by atoms with E-state index in [4.69, 9.17) is 9.47 Å². The third-order valence-corrected chi connectivity index (χ3v) is 4.21. The Kier molecular flexibility index (Phi) is 5.26. The smallest absolute Gasteiger partial charge is 0.224 e. The van der Waals surface area contributed by atoms with Gasteiger partial charge in [0.25, 0.3) is 0 Å².